The highest BCUT2D eigenvalue weighted by Gasteiger charge is 2.25. The van der Waals surface area contributed by atoms with Crippen LogP contribution in [0.5, 0.6) is 0 Å². The number of hydrogen-bond donors (Lipinski definition) is 2. The molecule has 2 amide bonds. The van der Waals surface area contributed by atoms with E-state index in [9.17, 15) is 4.79 Å². The second-order valence-electron chi connectivity index (χ2n) is 5.71. The fraction of sp³-hybridized carbons (Fsp3) is 0.714. The zero-order chi connectivity index (χ0) is 13.2. The fourth-order valence-electron chi connectivity index (χ4n) is 3.14. The van der Waals surface area contributed by atoms with Crippen molar-refractivity contribution in [2.75, 3.05) is 13.1 Å². The molecule has 1 aliphatic carbocycles. The van der Waals surface area contributed by atoms with Gasteiger partial charge in [-0.1, -0.05) is 0 Å². The lowest BCUT2D eigenvalue weighted by Gasteiger charge is -2.30. The number of aromatic amines is 1. The van der Waals surface area contributed by atoms with Crippen molar-refractivity contribution >= 4 is 6.03 Å². The van der Waals surface area contributed by atoms with Gasteiger partial charge in [-0.2, -0.15) is 5.10 Å². The third-order valence-corrected chi connectivity index (χ3v) is 4.31. The van der Waals surface area contributed by atoms with Crippen molar-refractivity contribution in [2.24, 2.45) is 0 Å². The average molecular weight is 262 g/mol. The first-order valence-electron chi connectivity index (χ1n) is 7.32. The van der Waals surface area contributed by atoms with Gasteiger partial charge in [0, 0.05) is 31.2 Å². The molecule has 1 unspecified atom stereocenters. The molecule has 5 nitrogen and oxygen atoms in total. The summed E-state index contributed by atoms with van der Waals surface area (Å²) in [7, 11) is 0. The number of nitrogens with one attached hydrogen (secondary N) is 2. The van der Waals surface area contributed by atoms with Gasteiger partial charge in [0.1, 0.15) is 0 Å². The zero-order valence-corrected chi connectivity index (χ0v) is 11.5. The second-order valence-corrected chi connectivity index (χ2v) is 5.71. The zero-order valence-electron chi connectivity index (χ0n) is 11.5. The van der Waals surface area contributed by atoms with Crippen molar-refractivity contribution < 1.29 is 4.79 Å². The van der Waals surface area contributed by atoms with Crippen LogP contribution in [0.1, 0.15) is 42.6 Å². The van der Waals surface area contributed by atoms with Crippen molar-refractivity contribution in [1.29, 1.82) is 0 Å². The van der Waals surface area contributed by atoms with Gasteiger partial charge in [0.15, 0.2) is 0 Å². The third-order valence-electron chi connectivity index (χ3n) is 4.31. The van der Waals surface area contributed by atoms with Crippen molar-refractivity contribution in [1.82, 2.24) is 20.4 Å². The van der Waals surface area contributed by atoms with Crippen molar-refractivity contribution in [3.63, 3.8) is 0 Å². The molecule has 2 aliphatic rings. The van der Waals surface area contributed by atoms with Gasteiger partial charge in [-0.15, -0.1) is 0 Å². The predicted octanol–water partition coefficient (Wildman–Crippen LogP) is 1.77. The van der Waals surface area contributed by atoms with E-state index < -0.39 is 0 Å². The summed E-state index contributed by atoms with van der Waals surface area (Å²) in [6.45, 7) is 3.88. The summed E-state index contributed by atoms with van der Waals surface area (Å²) in [4.78, 5) is 14.1. The number of nitrogens with zero attached hydrogens (tertiary/aromatic N) is 2. The summed E-state index contributed by atoms with van der Waals surface area (Å²) in [5.74, 6) is 0. The molecular formula is C14H22N4O. The molecule has 5 heteroatoms. The monoisotopic (exact) mass is 262 g/mol. The van der Waals surface area contributed by atoms with Gasteiger partial charge in [0.25, 0.3) is 0 Å². The molecule has 1 fully saturated rings. The number of carbonyl (C=O) groups is 1. The molecule has 0 bridgehead atoms. The molecule has 2 N–H and O–H groups in total. The van der Waals surface area contributed by atoms with E-state index in [1.807, 2.05) is 4.90 Å². The lowest BCUT2D eigenvalue weighted by atomic mass is 9.92. The summed E-state index contributed by atoms with van der Waals surface area (Å²) in [6.07, 6.45) is 6.43. The van der Waals surface area contributed by atoms with E-state index in [1.165, 1.54) is 17.7 Å². The lowest BCUT2D eigenvalue weighted by molar-refractivity contribution is 0.181. The molecule has 19 heavy (non-hydrogen) atoms. The third kappa shape index (κ3) is 2.60. The first-order chi connectivity index (χ1) is 9.24. The molecule has 0 spiro atoms. The number of amides is 2. The molecule has 1 atom stereocenters. The summed E-state index contributed by atoms with van der Waals surface area (Å²) in [5, 5.41) is 10.6. The number of aromatic nitrogens is 2. The summed E-state index contributed by atoms with van der Waals surface area (Å²) < 4.78 is 0. The van der Waals surface area contributed by atoms with Crippen LogP contribution in [0.4, 0.5) is 4.79 Å². The number of piperidine rings is 1. The van der Waals surface area contributed by atoms with Crippen molar-refractivity contribution in [3.05, 3.63) is 17.0 Å². The summed E-state index contributed by atoms with van der Waals surface area (Å²) in [6, 6.07) is 0.352. The average Bonchev–Trinajstić information content (AvgIpc) is 2.81. The molecule has 1 saturated heterocycles. The number of aryl methyl sites for hydroxylation is 1. The van der Waals surface area contributed by atoms with Crippen LogP contribution in [0.25, 0.3) is 0 Å². The van der Waals surface area contributed by atoms with Gasteiger partial charge in [-0.25, -0.2) is 4.79 Å². The Morgan fingerprint density at radius 2 is 2.16 bits per heavy atom. The molecule has 0 aromatic carbocycles. The topological polar surface area (TPSA) is 61.0 Å². The van der Waals surface area contributed by atoms with E-state index in [0.717, 1.165) is 50.9 Å². The number of carbonyl (C=O) groups excluding carboxylic acids is 1. The Balaban J connectivity index is 1.58. The minimum Gasteiger partial charge on any atom is -0.335 e. The Hall–Kier alpha value is -1.52. The van der Waals surface area contributed by atoms with Crippen LogP contribution >= 0.6 is 0 Å². The van der Waals surface area contributed by atoms with E-state index in [-0.39, 0.29) is 12.1 Å². The summed E-state index contributed by atoms with van der Waals surface area (Å²) >= 11 is 0. The Morgan fingerprint density at radius 1 is 1.37 bits per heavy atom. The van der Waals surface area contributed by atoms with E-state index >= 15 is 0 Å². The van der Waals surface area contributed by atoms with Gasteiger partial charge >= 0.3 is 6.03 Å². The lowest BCUT2D eigenvalue weighted by Crippen LogP contribution is -2.48. The van der Waals surface area contributed by atoms with Crippen molar-refractivity contribution in [3.8, 4) is 0 Å². The highest BCUT2D eigenvalue weighted by atomic mass is 16.2. The van der Waals surface area contributed by atoms with Gasteiger partial charge in [0.2, 0.25) is 0 Å². The van der Waals surface area contributed by atoms with E-state index in [2.05, 4.69) is 22.4 Å². The minimum absolute atomic E-state index is 0.111. The number of H-pyrrole nitrogens is 1. The van der Waals surface area contributed by atoms with Gasteiger partial charge in [-0.05, 0) is 44.6 Å². The highest BCUT2D eigenvalue weighted by molar-refractivity contribution is 5.74. The molecule has 0 saturated carbocycles. The number of fused-ring (bicyclic) bond motifs is 1. The molecule has 1 aromatic heterocycles. The molecule has 3 rings (SSSR count). The molecular weight excluding hydrogens is 240 g/mol. The Morgan fingerprint density at radius 3 is 2.95 bits per heavy atom. The first kappa shape index (κ1) is 12.5. The number of likely N-dealkylation sites (tertiary alicyclic amines) is 1. The Bertz CT molecular complexity index is 462. The van der Waals surface area contributed by atoms with Crippen LogP contribution in [0.3, 0.4) is 0 Å². The minimum atomic E-state index is 0.111. The molecule has 1 aromatic rings. The van der Waals surface area contributed by atoms with Crippen LogP contribution in [-0.2, 0) is 12.8 Å². The van der Waals surface area contributed by atoms with Gasteiger partial charge < -0.3 is 10.2 Å². The molecule has 2 heterocycles. The van der Waals surface area contributed by atoms with Crippen LogP contribution in [0.2, 0.25) is 0 Å². The van der Waals surface area contributed by atoms with Crippen LogP contribution in [0.15, 0.2) is 0 Å². The predicted molar refractivity (Wildman–Crippen MR) is 73.1 cm³/mol. The maximum absolute atomic E-state index is 12.2. The SMILES string of the molecule is Cc1[nH]nc2c1CCC(NC(=O)N1CCCCC1)C2. The van der Waals surface area contributed by atoms with E-state index in [4.69, 9.17) is 0 Å². The Labute approximate surface area is 113 Å². The van der Waals surface area contributed by atoms with E-state index in [0.29, 0.717) is 0 Å². The van der Waals surface area contributed by atoms with Crippen LogP contribution in [0, 0.1) is 6.92 Å². The quantitative estimate of drug-likeness (QED) is 0.810. The first-order valence-corrected chi connectivity index (χ1v) is 7.32. The second kappa shape index (κ2) is 5.23. The highest BCUT2D eigenvalue weighted by Crippen LogP contribution is 2.22. The normalized spacial score (nSPS) is 23.0. The fourth-order valence-corrected chi connectivity index (χ4v) is 3.14. The largest absolute Gasteiger partial charge is 0.335 e. The summed E-state index contributed by atoms with van der Waals surface area (Å²) in [5.41, 5.74) is 3.66. The number of urea groups is 1. The van der Waals surface area contributed by atoms with Gasteiger partial charge in [0.05, 0.1) is 5.69 Å². The Kier molecular flexibility index (Phi) is 3.44. The standard InChI is InChI=1S/C14H22N4O/c1-10-12-6-5-11(9-13(12)17-16-10)15-14(19)18-7-3-2-4-8-18/h11H,2-9H2,1H3,(H,15,19)(H,16,17). The van der Waals surface area contributed by atoms with E-state index in [1.54, 1.807) is 0 Å². The van der Waals surface area contributed by atoms with Crippen molar-refractivity contribution in [2.45, 2.75) is 51.5 Å². The molecule has 104 valence electrons. The maximum atomic E-state index is 12.2. The molecule has 0 radical (unpaired) electrons. The van der Waals surface area contributed by atoms with Gasteiger partial charge in [-0.3, -0.25) is 5.10 Å². The number of hydrogen-bond acceptors (Lipinski definition) is 2. The van der Waals surface area contributed by atoms with Crippen LogP contribution in [-0.4, -0.2) is 40.3 Å². The maximum Gasteiger partial charge on any atom is 0.317 e. The molecule has 1 aliphatic heterocycles. The van der Waals surface area contributed by atoms with Crippen LogP contribution < -0.4 is 5.32 Å². The number of rotatable bonds is 1. The smallest absolute Gasteiger partial charge is 0.317 e.